The van der Waals surface area contributed by atoms with Crippen LogP contribution in [0, 0.1) is 13.8 Å². The molecular formula is C10H11N3O. The predicted octanol–water partition coefficient (Wildman–Crippen LogP) is 1.94. The third-order valence-corrected chi connectivity index (χ3v) is 2.11. The summed E-state index contributed by atoms with van der Waals surface area (Å²) in [5, 5.41) is 3.89. The van der Waals surface area contributed by atoms with E-state index in [9.17, 15) is 0 Å². The minimum atomic E-state index is 0.363. The summed E-state index contributed by atoms with van der Waals surface area (Å²) >= 11 is 0. The van der Waals surface area contributed by atoms with Gasteiger partial charge in [0.2, 0.25) is 5.88 Å². The molecule has 2 rings (SSSR count). The second kappa shape index (κ2) is 3.14. The molecule has 0 aliphatic carbocycles. The van der Waals surface area contributed by atoms with Crippen LogP contribution in [0.25, 0.3) is 11.3 Å². The van der Waals surface area contributed by atoms with E-state index in [4.69, 9.17) is 10.3 Å². The first-order valence-electron chi connectivity index (χ1n) is 4.32. The van der Waals surface area contributed by atoms with Crippen molar-refractivity contribution in [2.75, 3.05) is 5.73 Å². The van der Waals surface area contributed by atoms with Gasteiger partial charge >= 0.3 is 0 Å². The highest BCUT2D eigenvalue weighted by Gasteiger charge is 2.10. The molecule has 0 bridgehead atoms. The summed E-state index contributed by atoms with van der Waals surface area (Å²) in [4.78, 5) is 4.09. The number of anilines is 1. The summed E-state index contributed by atoms with van der Waals surface area (Å²) in [6.07, 6.45) is 3.54. The quantitative estimate of drug-likeness (QED) is 0.744. The van der Waals surface area contributed by atoms with E-state index < -0.39 is 0 Å². The Hall–Kier alpha value is -1.84. The fraction of sp³-hybridized carbons (Fsp3) is 0.200. The molecule has 0 radical (unpaired) electrons. The minimum Gasteiger partial charge on any atom is -0.367 e. The van der Waals surface area contributed by atoms with Gasteiger partial charge in [-0.1, -0.05) is 5.16 Å². The molecule has 4 heteroatoms. The van der Waals surface area contributed by atoms with Gasteiger partial charge in [-0.05, 0) is 25.5 Å². The van der Waals surface area contributed by atoms with E-state index >= 15 is 0 Å². The number of aryl methyl sites for hydroxylation is 1. The number of pyridine rings is 1. The molecule has 2 aromatic rings. The van der Waals surface area contributed by atoms with Crippen LogP contribution in [0.4, 0.5) is 5.88 Å². The van der Waals surface area contributed by atoms with Gasteiger partial charge in [0.1, 0.15) is 5.69 Å². The standard InChI is InChI=1S/C10H11N3O/c1-6-3-8(5-12-4-6)9-7(2)10(11)14-13-9/h3-5H,11H2,1-2H3. The van der Waals surface area contributed by atoms with Gasteiger partial charge < -0.3 is 10.3 Å². The maximum atomic E-state index is 5.57. The van der Waals surface area contributed by atoms with Crippen LogP contribution in [-0.4, -0.2) is 10.1 Å². The lowest BCUT2D eigenvalue weighted by molar-refractivity contribution is 0.439. The zero-order chi connectivity index (χ0) is 10.1. The van der Waals surface area contributed by atoms with Gasteiger partial charge in [-0.2, -0.15) is 0 Å². The number of nitrogens with two attached hydrogens (primary N) is 1. The van der Waals surface area contributed by atoms with Crippen LogP contribution in [0.3, 0.4) is 0 Å². The zero-order valence-corrected chi connectivity index (χ0v) is 8.11. The van der Waals surface area contributed by atoms with E-state index in [1.807, 2.05) is 19.9 Å². The highest BCUT2D eigenvalue weighted by atomic mass is 16.5. The summed E-state index contributed by atoms with van der Waals surface area (Å²) in [6.45, 7) is 3.86. The predicted molar refractivity (Wildman–Crippen MR) is 53.6 cm³/mol. The fourth-order valence-corrected chi connectivity index (χ4v) is 1.30. The van der Waals surface area contributed by atoms with Crippen molar-refractivity contribution in [1.82, 2.24) is 10.1 Å². The molecule has 2 aromatic heterocycles. The number of nitrogen functional groups attached to an aromatic ring is 1. The molecule has 0 aromatic carbocycles. The number of rotatable bonds is 1. The molecule has 0 aliphatic heterocycles. The smallest absolute Gasteiger partial charge is 0.225 e. The van der Waals surface area contributed by atoms with E-state index in [1.54, 1.807) is 12.4 Å². The largest absolute Gasteiger partial charge is 0.367 e. The average Bonchev–Trinajstić information content (AvgIpc) is 2.48. The molecule has 0 aliphatic rings. The average molecular weight is 189 g/mol. The number of aromatic nitrogens is 2. The summed E-state index contributed by atoms with van der Waals surface area (Å²) in [5.74, 6) is 0.363. The maximum absolute atomic E-state index is 5.57. The fourth-order valence-electron chi connectivity index (χ4n) is 1.30. The molecule has 0 unspecified atom stereocenters. The van der Waals surface area contributed by atoms with Crippen LogP contribution in [0.15, 0.2) is 23.0 Å². The van der Waals surface area contributed by atoms with Crippen molar-refractivity contribution in [2.24, 2.45) is 0 Å². The molecular weight excluding hydrogens is 178 g/mol. The van der Waals surface area contributed by atoms with Crippen LogP contribution in [0.2, 0.25) is 0 Å². The Morgan fingerprint density at radius 2 is 2.07 bits per heavy atom. The SMILES string of the molecule is Cc1cncc(-c2noc(N)c2C)c1. The highest BCUT2D eigenvalue weighted by molar-refractivity contribution is 5.65. The maximum Gasteiger partial charge on any atom is 0.225 e. The van der Waals surface area contributed by atoms with Crippen LogP contribution < -0.4 is 5.73 Å². The molecule has 0 saturated carbocycles. The van der Waals surface area contributed by atoms with Gasteiger partial charge in [0.25, 0.3) is 0 Å². The number of hydrogen-bond donors (Lipinski definition) is 1. The molecule has 0 fully saturated rings. The second-order valence-corrected chi connectivity index (χ2v) is 3.27. The summed E-state index contributed by atoms with van der Waals surface area (Å²) in [7, 11) is 0. The topological polar surface area (TPSA) is 64.9 Å². The molecule has 4 nitrogen and oxygen atoms in total. The first kappa shape index (κ1) is 8.74. The van der Waals surface area contributed by atoms with Crippen molar-refractivity contribution >= 4 is 5.88 Å². The molecule has 2 heterocycles. The lowest BCUT2D eigenvalue weighted by Gasteiger charge is -1.97. The second-order valence-electron chi connectivity index (χ2n) is 3.27. The van der Waals surface area contributed by atoms with Crippen LogP contribution in [0.1, 0.15) is 11.1 Å². The van der Waals surface area contributed by atoms with E-state index in [0.717, 1.165) is 22.4 Å². The molecule has 0 spiro atoms. The van der Waals surface area contributed by atoms with E-state index in [0.29, 0.717) is 5.88 Å². The van der Waals surface area contributed by atoms with Crippen molar-refractivity contribution in [1.29, 1.82) is 0 Å². The lowest BCUT2D eigenvalue weighted by atomic mass is 10.1. The van der Waals surface area contributed by atoms with Crippen LogP contribution in [-0.2, 0) is 0 Å². The highest BCUT2D eigenvalue weighted by Crippen LogP contribution is 2.25. The third kappa shape index (κ3) is 1.35. The Bertz CT molecular complexity index is 462. The van der Waals surface area contributed by atoms with Gasteiger partial charge in [-0.15, -0.1) is 0 Å². The molecule has 72 valence electrons. The molecule has 0 atom stereocenters. The Morgan fingerprint density at radius 1 is 1.29 bits per heavy atom. The number of nitrogens with zero attached hydrogens (tertiary/aromatic N) is 2. The summed E-state index contributed by atoms with van der Waals surface area (Å²) in [5.41, 5.74) is 9.21. The van der Waals surface area contributed by atoms with E-state index in [2.05, 4.69) is 10.1 Å². The lowest BCUT2D eigenvalue weighted by Crippen LogP contribution is -1.86. The van der Waals surface area contributed by atoms with Crippen molar-refractivity contribution in [3.05, 3.63) is 29.6 Å². The monoisotopic (exact) mass is 189 g/mol. The van der Waals surface area contributed by atoms with Gasteiger partial charge in [-0.3, -0.25) is 4.98 Å². The van der Waals surface area contributed by atoms with Crippen molar-refractivity contribution in [3.63, 3.8) is 0 Å². The zero-order valence-electron chi connectivity index (χ0n) is 8.11. The summed E-state index contributed by atoms with van der Waals surface area (Å²) in [6, 6.07) is 2.00. The Balaban J connectivity index is 2.55. The van der Waals surface area contributed by atoms with Gasteiger partial charge in [0.05, 0.1) is 0 Å². The van der Waals surface area contributed by atoms with E-state index in [1.165, 1.54) is 0 Å². The molecule has 0 saturated heterocycles. The first-order chi connectivity index (χ1) is 6.68. The van der Waals surface area contributed by atoms with E-state index in [-0.39, 0.29) is 0 Å². The van der Waals surface area contributed by atoms with Crippen molar-refractivity contribution in [2.45, 2.75) is 13.8 Å². The first-order valence-corrected chi connectivity index (χ1v) is 4.32. The molecule has 14 heavy (non-hydrogen) atoms. The van der Waals surface area contributed by atoms with Gasteiger partial charge in [0.15, 0.2) is 0 Å². The summed E-state index contributed by atoms with van der Waals surface area (Å²) < 4.78 is 4.89. The normalized spacial score (nSPS) is 10.4. The Morgan fingerprint density at radius 3 is 2.64 bits per heavy atom. The third-order valence-electron chi connectivity index (χ3n) is 2.11. The van der Waals surface area contributed by atoms with Crippen LogP contribution in [0.5, 0.6) is 0 Å². The van der Waals surface area contributed by atoms with Gasteiger partial charge in [0, 0.05) is 23.5 Å². The number of hydrogen-bond acceptors (Lipinski definition) is 4. The molecule has 0 amide bonds. The van der Waals surface area contributed by atoms with Crippen LogP contribution >= 0.6 is 0 Å². The van der Waals surface area contributed by atoms with Crippen molar-refractivity contribution < 1.29 is 4.52 Å². The van der Waals surface area contributed by atoms with Gasteiger partial charge in [-0.25, -0.2) is 0 Å². The molecule has 2 N–H and O–H groups in total. The van der Waals surface area contributed by atoms with Crippen molar-refractivity contribution in [3.8, 4) is 11.3 Å². The minimum absolute atomic E-state index is 0.363. The Labute approximate surface area is 81.7 Å². The Kier molecular flexibility index (Phi) is 1.96.